The zero-order valence-corrected chi connectivity index (χ0v) is 13.8. The molecule has 1 aliphatic rings. The summed E-state index contributed by atoms with van der Waals surface area (Å²) in [6, 6.07) is 8.67. The van der Waals surface area contributed by atoms with E-state index in [9.17, 15) is 8.42 Å². The van der Waals surface area contributed by atoms with Crippen molar-refractivity contribution >= 4 is 10.0 Å². The van der Waals surface area contributed by atoms with Crippen molar-refractivity contribution in [1.82, 2.24) is 9.21 Å². The molecule has 1 aliphatic heterocycles. The lowest BCUT2D eigenvalue weighted by atomic mass is 10.2. The lowest BCUT2D eigenvalue weighted by molar-refractivity contribution is 0.259. The second-order valence-electron chi connectivity index (χ2n) is 5.70. The molecule has 0 amide bonds. The third-order valence-electron chi connectivity index (χ3n) is 4.06. The summed E-state index contributed by atoms with van der Waals surface area (Å²) >= 11 is 0. The minimum Gasteiger partial charge on any atom is -0.396 e. The van der Waals surface area contributed by atoms with E-state index in [0.29, 0.717) is 18.0 Å². The molecule has 22 heavy (non-hydrogen) atoms. The normalized spacial score (nSPS) is 18.2. The Kier molecular flexibility index (Phi) is 6.82. The molecule has 0 bridgehead atoms. The summed E-state index contributed by atoms with van der Waals surface area (Å²) in [4.78, 5) is 2.71. The second-order valence-corrected chi connectivity index (χ2v) is 7.63. The molecule has 124 valence electrons. The highest BCUT2D eigenvalue weighted by Crippen LogP contribution is 2.17. The smallest absolute Gasteiger partial charge is 0.243 e. The molecule has 2 rings (SSSR count). The van der Waals surface area contributed by atoms with Crippen LogP contribution in [0.25, 0.3) is 0 Å². The molecule has 1 aromatic rings. The van der Waals surface area contributed by atoms with Crippen molar-refractivity contribution in [1.29, 1.82) is 0 Å². The number of sulfonamides is 1. The maximum Gasteiger partial charge on any atom is 0.243 e. The van der Waals surface area contributed by atoms with Crippen LogP contribution in [0, 0.1) is 0 Å². The molecule has 1 N–H and O–H groups in total. The fourth-order valence-corrected chi connectivity index (χ4v) is 4.27. The maximum absolute atomic E-state index is 12.6. The van der Waals surface area contributed by atoms with Crippen LogP contribution in [0.2, 0.25) is 0 Å². The van der Waals surface area contributed by atoms with E-state index in [0.717, 1.165) is 45.3 Å². The van der Waals surface area contributed by atoms with E-state index in [-0.39, 0.29) is 6.61 Å². The van der Waals surface area contributed by atoms with Gasteiger partial charge in [0.25, 0.3) is 0 Å². The highest BCUT2D eigenvalue weighted by atomic mass is 32.2. The quantitative estimate of drug-likeness (QED) is 0.772. The van der Waals surface area contributed by atoms with Gasteiger partial charge in [-0.3, -0.25) is 0 Å². The topological polar surface area (TPSA) is 60.9 Å². The zero-order chi connectivity index (χ0) is 15.8. The van der Waals surface area contributed by atoms with E-state index in [1.165, 1.54) is 0 Å². The molecular formula is C16H26N2O3S. The summed E-state index contributed by atoms with van der Waals surface area (Å²) in [5, 5.41) is 8.79. The first-order valence-corrected chi connectivity index (χ1v) is 9.47. The van der Waals surface area contributed by atoms with E-state index in [2.05, 4.69) is 4.90 Å². The second kappa shape index (κ2) is 8.62. The van der Waals surface area contributed by atoms with Crippen LogP contribution in [0.5, 0.6) is 0 Å². The number of rotatable bonds is 7. The van der Waals surface area contributed by atoms with Crippen molar-refractivity contribution in [2.24, 2.45) is 0 Å². The first-order valence-electron chi connectivity index (χ1n) is 8.03. The fraction of sp³-hybridized carbons (Fsp3) is 0.625. The van der Waals surface area contributed by atoms with Crippen LogP contribution < -0.4 is 0 Å². The van der Waals surface area contributed by atoms with Gasteiger partial charge in [-0.15, -0.1) is 0 Å². The summed E-state index contributed by atoms with van der Waals surface area (Å²) in [6.45, 7) is 4.11. The molecule has 0 spiro atoms. The highest BCUT2D eigenvalue weighted by molar-refractivity contribution is 7.89. The molecule has 0 atom stereocenters. The highest BCUT2D eigenvalue weighted by Gasteiger charge is 2.26. The van der Waals surface area contributed by atoms with E-state index in [4.69, 9.17) is 5.11 Å². The van der Waals surface area contributed by atoms with Gasteiger partial charge in [-0.25, -0.2) is 8.42 Å². The van der Waals surface area contributed by atoms with Crippen molar-refractivity contribution in [3.05, 3.63) is 30.3 Å². The molecule has 0 aromatic heterocycles. The molecule has 0 radical (unpaired) electrons. The van der Waals surface area contributed by atoms with Gasteiger partial charge in [0.05, 0.1) is 4.90 Å². The predicted molar refractivity (Wildman–Crippen MR) is 87.2 cm³/mol. The molecule has 1 fully saturated rings. The summed E-state index contributed by atoms with van der Waals surface area (Å²) in [7, 11) is -3.36. The SMILES string of the molecule is O=S(=O)(c1ccccc1)N1CCCN(CCCCCO)CC1. The third kappa shape index (κ3) is 4.78. The number of nitrogens with zero attached hydrogens (tertiary/aromatic N) is 2. The van der Waals surface area contributed by atoms with E-state index in [1.807, 2.05) is 6.07 Å². The lowest BCUT2D eigenvalue weighted by Gasteiger charge is -2.21. The summed E-state index contributed by atoms with van der Waals surface area (Å²) < 4.78 is 26.9. The summed E-state index contributed by atoms with van der Waals surface area (Å²) in [5.74, 6) is 0. The van der Waals surface area contributed by atoms with Crippen molar-refractivity contribution in [3.8, 4) is 0 Å². The van der Waals surface area contributed by atoms with Crippen molar-refractivity contribution in [2.75, 3.05) is 39.3 Å². The first kappa shape index (κ1) is 17.4. The van der Waals surface area contributed by atoms with E-state index < -0.39 is 10.0 Å². The standard InChI is InChI=1S/C16H26N2O3S/c19-15-6-2-5-10-17-11-7-12-18(14-13-17)22(20,21)16-8-3-1-4-9-16/h1,3-4,8-9,19H,2,5-7,10-15H2. The number of benzene rings is 1. The molecule has 1 aromatic carbocycles. The minimum absolute atomic E-state index is 0.253. The Labute approximate surface area is 133 Å². The Balaban J connectivity index is 1.90. The van der Waals surface area contributed by atoms with Gasteiger partial charge < -0.3 is 10.0 Å². The van der Waals surface area contributed by atoms with Crippen LogP contribution in [0.3, 0.4) is 0 Å². The third-order valence-corrected chi connectivity index (χ3v) is 5.97. The fourth-order valence-electron chi connectivity index (χ4n) is 2.78. The van der Waals surface area contributed by atoms with Crippen molar-refractivity contribution in [3.63, 3.8) is 0 Å². The molecule has 6 heteroatoms. The number of hydrogen-bond acceptors (Lipinski definition) is 4. The van der Waals surface area contributed by atoms with Crippen molar-refractivity contribution < 1.29 is 13.5 Å². The van der Waals surface area contributed by atoms with E-state index >= 15 is 0 Å². The van der Waals surface area contributed by atoms with Crippen LogP contribution in [0.15, 0.2) is 35.2 Å². The largest absolute Gasteiger partial charge is 0.396 e. The summed E-state index contributed by atoms with van der Waals surface area (Å²) in [6.07, 6.45) is 3.80. The van der Waals surface area contributed by atoms with E-state index in [1.54, 1.807) is 28.6 Å². The first-order chi connectivity index (χ1) is 10.6. The Morgan fingerprint density at radius 2 is 1.73 bits per heavy atom. The predicted octanol–water partition coefficient (Wildman–Crippen LogP) is 1.55. The van der Waals surface area contributed by atoms with Gasteiger partial charge in [-0.05, 0) is 50.9 Å². The monoisotopic (exact) mass is 326 g/mol. The molecule has 1 saturated heterocycles. The van der Waals surface area contributed by atoms with Gasteiger partial charge in [-0.1, -0.05) is 18.2 Å². The molecule has 0 unspecified atom stereocenters. The van der Waals surface area contributed by atoms with Crippen molar-refractivity contribution in [2.45, 2.75) is 30.6 Å². The van der Waals surface area contributed by atoms with Crippen LogP contribution in [-0.2, 0) is 10.0 Å². The van der Waals surface area contributed by atoms with Gasteiger partial charge in [0.15, 0.2) is 0 Å². The van der Waals surface area contributed by atoms with Gasteiger partial charge in [0.1, 0.15) is 0 Å². The molecule has 0 aliphatic carbocycles. The molecular weight excluding hydrogens is 300 g/mol. The van der Waals surface area contributed by atoms with Crippen LogP contribution in [0.1, 0.15) is 25.7 Å². The molecule has 5 nitrogen and oxygen atoms in total. The average molecular weight is 326 g/mol. The Morgan fingerprint density at radius 1 is 0.955 bits per heavy atom. The summed E-state index contributed by atoms with van der Waals surface area (Å²) in [5.41, 5.74) is 0. The zero-order valence-electron chi connectivity index (χ0n) is 13.0. The lowest BCUT2D eigenvalue weighted by Crippen LogP contribution is -2.35. The number of unbranched alkanes of at least 4 members (excludes halogenated alkanes) is 2. The van der Waals surface area contributed by atoms with Crippen LogP contribution in [0.4, 0.5) is 0 Å². The van der Waals surface area contributed by atoms with Crippen LogP contribution >= 0.6 is 0 Å². The Morgan fingerprint density at radius 3 is 2.45 bits per heavy atom. The number of aliphatic hydroxyl groups excluding tert-OH is 1. The van der Waals surface area contributed by atoms with Gasteiger partial charge in [-0.2, -0.15) is 4.31 Å². The minimum atomic E-state index is -3.36. The number of aliphatic hydroxyl groups is 1. The molecule has 0 saturated carbocycles. The van der Waals surface area contributed by atoms with Gasteiger partial charge in [0, 0.05) is 26.2 Å². The molecule has 1 heterocycles. The number of hydrogen-bond donors (Lipinski definition) is 1. The maximum atomic E-state index is 12.6. The average Bonchev–Trinajstić information content (AvgIpc) is 2.78. The van der Waals surface area contributed by atoms with Crippen LogP contribution in [-0.4, -0.2) is 62.1 Å². The Hall–Kier alpha value is -0.950. The van der Waals surface area contributed by atoms with Gasteiger partial charge >= 0.3 is 0 Å². The Bertz CT molecular complexity index is 534. The van der Waals surface area contributed by atoms with Gasteiger partial charge in [0.2, 0.25) is 10.0 Å².